The van der Waals surface area contributed by atoms with Crippen molar-refractivity contribution in [3.05, 3.63) is 40.9 Å². The lowest BCUT2D eigenvalue weighted by Crippen LogP contribution is -2.50. The molecule has 7 nitrogen and oxygen atoms in total. The molecule has 3 amide bonds. The summed E-state index contributed by atoms with van der Waals surface area (Å²) in [5.74, 6) is 0.434. The average molecular weight is 428 g/mol. The first-order valence-electron chi connectivity index (χ1n) is 10.9. The van der Waals surface area contributed by atoms with Crippen LogP contribution in [0, 0.1) is 0 Å². The van der Waals surface area contributed by atoms with E-state index in [4.69, 9.17) is 0 Å². The van der Waals surface area contributed by atoms with E-state index in [0.717, 1.165) is 49.3 Å². The first-order chi connectivity index (χ1) is 14.7. The van der Waals surface area contributed by atoms with Crippen LogP contribution < -0.4 is 10.6 Å². The smallest absolute Gasteiger partial charge is 0.321 e. The topological polar surface area (TPSA) is 87.2 Å². The first-order valence-corrected chi connectivity index (χ1v) is 11.7. The number of nitrogens with zero attached hydrogens (tertiary/aromatic N) is 3. The van der Waals surface area contributed by atoms with E-state index in [0.29, 0.717) is 17.5 Å². The molecule has 160 valence electrons. The van der Waals surface area contributed by atoms with E-state index in [9.17, 15) is 9.59 Å². The maximum Gasteiger partial charge on any atom is 0.321 e. The maximum absolute atomic E-state index is 13.0. The Hall–Kier alpha value is -2.48. The number of likely N-dealkylation sites (tertiary alicyclic amines) is 1. The highest BCUT2D eigenvalue weighted by Crippen LogP contribution is 2.35. The molecule has 2 aliphatic rings. The number of nitrogens with one attached hydrogen (secondary N) is 2. The molecule has 0 bridgehead atoms. The molecule has 0 spiro atoms. The van der Waals surface area contributed by atoms with E-state index in [1.165, 1.54) is 30.6 Å². The summed E-state index contributed by atoms with van der Waals surface area (Å²) in [6, 6.07) is 8.78. The van der Waals surface area contributed by atoms with Gasteiger partial charge in [-0.05, 0) is 31.2 Å². The molecule has 30 heavy (non-hydrogen) atoms. The van der Waals surface area contributed by atoms with Gasteiger partial charge >= 0.3 is 6.03 Å². The minimum absolute atomic E-state index is 0.0216. The summed E-state index contributed by atoms with van der Waals surface area (Å²) in [5, 5.41) is 15.6. The predicted molar refractivity (Wildman–Crippen MR) is 118 cm³/mol. The zero-order chi connectivity index (χ0) is 20.8. The van der Waals surface area contributed by atoms with Crippen molar-refractivity contribution >= 4 is 28.4 Å². The molecule has 4 rings (SSSR count). The standard InChI is InChI=1S/C22H29N5O2S/c28-20(27-13-7-8-14-27)18(15-16-9-3-1-4-10-16)23-21(29)24-22-26-25-19(30-22)17-11-5-2-6-12-17/h1,3-4,9-10,17-18H,2,5-8,11-15H2,(H2,23,24,26,29). The number of hydrogen-bond donors (Lipinski definition) is 2. The van der Waals surface area contributed by atoms with Crippen LogP contribution in [-0.2, 0) is 11.2 Å². The fraction of sp³-hybridized carbons (Fsp3) is 0.545. The molecule has 8 heteroatoms. The van der Waals surface area contributed by atoms with Gasteiger partial charge in [0.25, 0.3) is 0 Å². The highest BCUT2D eigenvalue weighted by atomic mass is 32.1. The van der Waals surface area contributed by atoms with E-state index in [1.807, 2.05) is 35.2 Å². The van der Waals surface area contributed by atoms with Gasteiger partial charge in [0.1, 0.15) is 11.0 Å². The van der Waals surface area contributed by atoms with Crippen LogP contribution in [0.4, 0.5) is 9.93 Å². The first kappa shape index (κ1) is 20.8. The second-order valence-electron chi connectivity index (χ2n) is 8.15. The molecule has 2 aromatic rings. The molecule has 1 aromatic carbocycles. The molecule has 1 atom stereocenters. The van der Waals surface area contributed by atoms with E-state index >= 15 is 0 Å². The van der Waals surface area contributed by atoms with Gasteiger partial charge in [0, 0.05) is 25.4 Å². The average Bonchev–Trinajstić information content (AvgIpc) is 3.47. The quantitative estimate of drug-likeness (QED) is 0.731. The molecule has 1 aromatic heterocycles. The number of aromatic nitrogens is 2. The number of benzene rings is 1. The van der Waals surface area contributed by atoms with Crippen molar-refractivity contribution in [1.82, 2.24) is 20.4 Å². The molecule has 1 saturated heterocycles. The van der Waals surface area contributed by atoms with Gasteiger partial charge in [-0.15, -0.1) is 10.2 Å². The summed E-state index contributed by atoms with van der Waals surface area (Å²) in [4.78, 5) is 27.5. The summed E-state index contributed by atoms with van der Waals surface area (Å²) < 4.78 is 0. The molecular weight excluding hydrogens is 398 g/mol. The molecule has 1 aliphatic carbocycles. The molecule has 1 saturated carbocycles. The summed E-state index contributed by atoms with van der Waals surface area (Å²) in [7, 11) is 0. The maximum atomic E-state index is 13.0. The Bertz CT molecular complexity index is 844. The Morgan fingerprint density at radius 3 is 2.50 bits per heavy atom. The fourth-order valence-corrected chi connectivity index (χ4v) is 5.21. The lowest BCUT2D eigenvalue weighted by Gasteiger charge is -2.24. The number of urea groups is 1. The third-order valence-corrected chi connectivity index (χ3v) is 6.92. The van der Waals surface area contributed by atoms with E-state index in [1.54, 1.807) is 0 Å². The third kappa shape index (κ3) is 5.36. The van der Waals surface area contributed by atoms with Crippen LogP contribution in [0.15, 0.2) is 30.3 Å². The molecule has 1 unspecified atom stereocenters. The monoisotopic (exact) mass is 427 g/mol. The van der Waals surface area contributed by atoms with Gasteiger partial charge in [-0.25, -0.2) is 4.79 Å². The van der Waals surface area contributed by atoms with Crippen molar-refractivity contribution in [3.63, 3.8) is 0 Å². The molecule has 2 fully saturated rings. The van der Waals surface area contributed by atoms with E-state index in [2.05, 4.69) is 20.8 Å². The van der Waals surface area contributed by atoms with Crippen LogP contribution in [0.5, 0.6) is 0 Å². The van der Waals surface area contributed by atoms with Crippen molar-refractivity contribution in [1.29, 1.82) is 0 Å². The van der Waals surface area contributed by atoms with Crippen LogP contribution in [0.1, 0.15) is 61.4 Å². The normalized spacial score (nSPS) is 18.2. The van der Waals surface area contributed by atoms with Crippen molar-refractivity contribution < 1.29 is 9.59 Å². The van der Waals surface area contributed by atoms with Gasteiger partial charge in [0.2, 0.25) is 11.0 Å². The van der Waals surface area contributed by atoms with E-state index in [-0.39, 0.29) is 5.91 Å². The molecular formula is C22H29N5O2S. The molecule has 1 aliphatic heterocycles. The minimum atomic E-state index is -0.601. The summed E-state index contributed by atoms with van der Waals surface area (Å²) in [6.07, 6.45) is 8.54. The predicted octanol–water partition coefficient (Wildman–Crippen LogP) is 3.94. The number of hydrogen-bond acceptors (Lipinski definition) is 5. The zero-order valence-electron chi connectivity index (χ0n) is 17.2. The number of amides is 3. The number of anilines is 1. The SMILES string of the molecule is O=C(Nc1nnc(C2CCCCC2)s1)NC(Cc1ccccc1)C(=O)N1CCCC1. The van der Waals surface area contributed by atoms with Crippen LogP contribution >= 0.6 is 11.3 Å². The Morgan fingerprint density at radius 1 is 1.03 bits per heavy atom. The Morgan fingerprint density at radius 2 is 1.77 bits per heavy atom. The van der Waals surface area contributed by atoms with Gasteiger partial charge in [-0.2, -0.15) is 0 Å². The summed E-state index contributed by atoms with van der Waals surface area (Å²) >= 11 is 1.44. The van der Waals surface area contributed by atoms with Crippen molar-refractivity contribution in [2.24, 2.45) is 0 Å². The Kier molecular flexibility index (Phi) is 6.94. The Labute approximate surface area is 181 Å². The van der Waals surface area contributed by atoms with Gasteiger partial charge in [0.15, 0.2) is 0 Å². The van der Waals surface area contributed by atoms with Crippen LogP contribution in [0.3, 0.4) is 0 Å². The summed E-state index contributed by atoms with van der Waals surface area (Å²) in [6.45, 7) is 1.52. The highest BCUT2D eigenvalue weighted by molar-refractivity contribution is 7.15. The second-order valence-corrected chi connectivity index (χ2v) is 9.16. The lowest BCUT2D eigenvalue weighted by molar-refractivity contribution is -0.132. The van der Waals surface area contributed by atoms with E-state index < -0.39 is 12.1 Å². The van der Waals surface area contributed by atoms with Crippen LogP contribution in [0.2, 0.25) is 0 Å². The van der Waals surface area contributed by atoms with Crippen molar-refractivity contribution in [3.8, 4) is 0 Å². The number of carbonyl (C=O) groups excluding carboxylic acids is 2. The van der Waals surface area contributed by atoms with Crippen molar-refractivity contribution in [2.45, 2.75) is 63.3 Å². The van der Waals surface area contributed by atoms with Gasteiger partial charge in [-0.3, -0.25) is 10.1 Å². The molecule has 0 radical (unpaired) electrons. The van der Waals surface area contributed by atoms with Crippen molar-refractivity contribution in [2.75, 3.05) is 18.4 Å². The fourth-order valence-electron chi connectivity index (χ4n) is 4.30. The molecule has 2 N–H and O–H groups in total. The highest BCUT2D eigenvalue weighted by Gasteiger charge is 2.28. The van der Waals surface area contributed by atoms with Gasteiger partial charge in [0.05, 0.1) is 0 Å². The largest absolute Gasteiger partial charge is 0.341 e. The minimum Gasteiger partial charge on any atom is -0.341 e. The zero-order valence-corrected chi connectivity index (χ0v) is 18.0. The van der Waals surface area contributed by atoms with Gasteiger partial charge < -0.3 is 10.2 Å². The Balaban J connectivity index is 1.39. The van der Waals surface area contributed by atoms with Crippen LogP contribution in [-0.4, -0.2) is 46.2 Å². The number of rotatable bonds is 6. The number of carbonyl (C=O) groups is 2. The lowest BCUT2D eigenvalue weighted by atomic mass is 9.90. The third-order valence-electron chi connectivity index (χ3n) is 5.92. The second kappa shape index (κ2) is 10.0. The van der Waals surface area contributed by atoms with Crippen LogP contribution in [0.25, 0.3) is 0 Å². The van der Waals surface area contributed by atoms with Gasteiger partial charge in [-0.1, -0.05) is 60.9 Å². The summed E-state index contributed by atoms with van der Waals surface area (Å²) in [5.41, 5.74) is 1.02. The molecule has 2 heterocycles.